The summed E-state index contributed by atoms with van der Waals surface area (Å²) in [6.07, 6.45) is 1.16. The van der Waals surface area contributed by atoms with E-state index in [2.05, 4.69) is 15.6 Å². The second-order valence-electron chi connectivity index (χ2n) is 6.82. The zero-order valence-corrected chi connectivity index (χ0v) is 15.4. The molecule has 0 saturated carbocycles. The van der Waals surface area contributed by atoms with Gasteiger partial charge in [0.25, 0.3) is 5.91 Å². The van der Waals surface area contributed by atoms with Gasteiger partial charge in [-0.1, -0.05) is 40.6 Å². The lowest BCUT2D eigenvalue weighted by Gasteiger charge is -2.30. The number of hydrogen-bond donors (Lipinski definition) is 1. The van der Waals surface area contributed by atoms with Crippen molar-refractivity contribution >= 4 is 17.6 Å². The van der Waals surface area contributed by atoms with Crippen LogP contribution in [0.5, 0.6) is 0 Å². The third kappa shape index (κ3) is 3.80. The average Bonchev–Trinajstić information content (AvgIpc) is 3.37. The molecule has 0 bridgehead atoms. The second kappa shape index (κ2) is 7.67. The van der Waals surface area contributed by atoms with Crippen LogP contribution in [0.2, 0.25) is 0 Å². The van der Waals surface area contributed by atoms with E-state index in [1.165, 1.54) is 0 Å². The van der Waals surface area contributed by atoms with E-state index in [-0.39, 0.29) is 23.4 Å². The molecule has 0 radical (unpaired) electrons. The number of likely N-dealkylation sites (tertiary alicyclic amines) is 1. The molecule has 1 fully saturated rings. The standard InChI is InChI=1S/C20H20N4O4/c1-13-11-18(23-27-13)21-19(25)15-7-9-24(10-8-15)20(26)16-12-17(28-22-16)14-5-3-2-4-6-14/h2-6,11-12,15H,7-10H2,1H3,(H,21,23,25). The van der Waals surface area contributed by atoms with Crippen LogP contribution in [0.4, 0.5) is 5.82 Å². The summed E-state index contributed by atoms with van der Waals surface area (Å²) in [4.78, 5) is 26.8. The predicted molar refractivity (Wildman–Crippen MR) is 100 cm³/mol. The number of nitrogens with one attached hydrogen (secondary N) is 1. The van der Waals surface area contributed by atoms with Crippen molar-refractivity contribution in [2.24, 2.45) is 5.92 Å². The molecular formula is C20H20N4O4. The smallest absolute Gasteiger partial charge is 0.276 e. The van der Waals surface area contributed by atoms with Crippen LogP contribution in [-0.4, -0.2) is 40.1 Å². The van der Waals surface area contributed by atoms with Gasteiger partial charge in [-0.2, -0.15) is 0 Å². The molecule has 0 atom stereocenters. The minimum Gasteiger partial charge on any atom is -0.360 e. The van der Waals surface area contributed by atoms with Crippen molar-refractivity contribution in [3.8, 4) is 11.3 Å². The van der Waals surface area contributed by atoms with Gasteiger partial charge in [0.1, 0.15) is 5.76 Å². The molecule has 8 heteroatoms. The summed E-state index contributed by atoms with van der Waals surface area (Å²) in [7, 11) is 0. The molecule has 28 heavy (non-hydrogen) atoms. The highest BCUT2D eigenvalue weighted by Gasteiger charge is 2.29. The fourth-order valence-corrected chi connectivity index (χ4v) is 3.27. The van der Waals surface area contributed by atoms with Gasteiger partial charge in [-0.25, -0.2) is 0 Å². The van der Waals surface area contributed by atoms with Crippen LogP contribution in [0.25, 0.3) is 11.3 Å². The topological polar surface area (TPSA) is 101 Å². The van der Waals surface area contributed by atoms with Gasteiger partial charge in [0.05, 0.1) is 0 Å². The third-order valence-electron chi connectivity index (χ3n) is 4.82. The summed E-state index contributed by atoms with van der Waals surface area (Å²) in [5.41, 5.74) is 1.15. The van der Waals surface area contributed by atoms with E-state index >= 15 is 0 Å². The molecule has 0 unspecified atom stereocenters. The fourth-order valence-electron chi connectivity index (χ4n) is 3.27. The summed E-state index contributed by atoms with van der Waals surface area (Å²) in [5, 5.41) is 10.4. The number of amides is 2. The quantitative estimate of drug-likeness (QED) is 0.746. The number of aryl methyl sites for hydroxylation is 1. The molecule has 8 nitrogen and oxygen atoms in total. The van der Waals surface area contributed by atoms with Crippen molar-refractivity contribution in [3.05, 3.63) is 53.9 Å². The summed E-state index contributed by atoms with van der Waals surface area (Å²) in [6, 6.07) is 12.8. The highest BCUT2D eigenvalue weighted by atomic mass is 16.5. The Hall–Kier alpha value is -3.42. The first-order valence-electron chi connectivity index (χ1n) is 9.16. The number of aromatic nitrogens is 2. The molecule has 0 spiro atoms. The minimum atomic E-state index is -0.183. The largest absolute Gasteiger partial charge is 0.360 e. The van der Waals surface area contributed by atoms with Crippen LogP contribution in [0.3, 0.4) is 0 Å². The molecule has 1 N–H and O–H groups in total. The summed E-state index contributed by atoms with van der Waals surface area (Å²) >= 11 is 0. The number of nitrogens with zero attached hydrogens (tertiary/aromatic N) is 3. The van der Waals surface area contributed by atoms with E-state index in [0.29, 0.717) is 43.3 Å². The van der Waals surface area contributed by atoms with E-state index in [0.717, 1.165) is 5.56 Å². The molecule has 0 aliphatic carbocycles. The van der Waals surface area contributed by atoms with Crippen LogP contribution >= 0.6 is 0 Å². The van der Waals surface area contributed by atoms with Gasteiger partial charge in [0, 0.05) is 36.7 Å². The fraction of sp³-hybridized carbons (Fsp3) is 0.300. The maximum atomic E-state index is 12.7. The van der Waals surface area contributed by atoms with E-state index in [4.69, 9.17) is 9.05 Å². The lowest BCUT2D eigenvalue weighted by Crippen LogP contribution is -2.41. The number of piperidine rings is 1. The van der Waals surface area contributed by atoms with Crippen LogP contribution in [-0.2, 0) is 4.79 Å². The van der Waals surface area contributed by atoms with E-state index in [9.17, 15) is 9.59 Å². The van der Waals surface area contributed by atoms with Gasteiger partial charge in [-0.15, -0.1) is 0 Å². The van der Waals surface area contributed by atoms with Crippen LogP contribution in [0.1, 0.15) is 29.1 Å². The molecule has 144 valence electrons. The first-order chi connectivity index (χ1) is 13.6. The monoisotopic (exact) mass is 380 g/mol. The molecule has 2 amide bonds. The van der Waals surface area contributed by atoms with Gasteiger partial charge in [0.2, 0.25) is 5.91 Å². The van der Waals surface area contributed by atoms with Gasteiger partial charge in [-0.3, -0.25) is 9.59 Å². The van der Waals surface area contributed by atoms with Crippen LogP contribution < -0.4 is 5.32 Å². The first kappa shape index (κ1) is 18.0. The Labute approximate surface area is 161 Å². The van der Waals surface area contributed by atoms with Gasteiger partial charge in [-0.05, 0) is 19.8 Å². The maximum absolute atomic E-state index is 12.7. The van der Waals surface area contributed by atoms with Crippen molar-refractivity contribution < 1.29 is 18.6 Å². The van der Waals surface area contributed by atoms with Gasteiger partial charge >= 0.3 is 0 Å². The van der Waals surface area contributed by atoms with Crippen molar-refractivity contribution in [3.63, 3.8) is 0 Å². The number of anilines is 1. The number of benzene rings is 1. The highest BCUT2D eigenvalue weighted by Crippen LogP contribution is 2.23. The lowest BCUT2D eigenvalue weighted by molar-refractivity contribution is -0.121. The third-order valence-corrected chi connectivity index (χ3v) is 4.82. The average molecular weight is 380 g/mol. The zero-order chi connectivity index (χ0) is 19.5. The molecule has 1 aliphatic rings. The van der Waals surface area contributed by atoms with E-state index < -0.39 is 0 Å². The van der Waals surface area contributed by atoms with Gasteiger partial charge in [0.15, 0.2) is 17.3 Å². The molecule has 1 aromatic carbocycles. The molecule has 2 aromatic heterocycles. The minimum absolute atomic E-state index is 0.104. The number of hydrogen-bond acceptors (Lipinski definition) is 6. The molecule has 3 heterocycles. The van der Waals surface area contributed by atoms with Crippen molar-refractivity contribution in [2.75, 3.05) is 18.4 Å². The Morgan fingerprint density at radius 1 is 1.07 bits per heavy atom. The Morgan fingerprint density at radius 3 is 2.50 bits per heavy atom. The Balaban J connectivity index is 1.34. The van der Waals surface area contributed by atoms with Gasteiger partial charge < -0.3 is 19.3 Å². The van der Waals surface area contributed by atoms with Crippen molar-refractivity contribution in [2.45, 2.75) is 19.8 Å². The highest BCUT2D eigenvalue weighted by molar-refractivity contribution is 5.94. The van der Waals surface area contributed by atoms with Crippen LogP contribution in [0, 0.1) is 12.8 Å². The number of carbonyl (C=O) groups excluding carboxylic acids is 2. The molecule has 4 rings (SSSR count). The molecule has 3 aromatic rings. The first-order valence-corrected chi connectivity index (χ1v) is 9.16. The SMILES string of the molecule is Cc1cc(NC(=O)C2CCN(C(=O)c3cc(-c4ccccc4)on3)CC2)no1. The van der Waals surface area contributed by atoms with E-state index in [1.807, 2.05) is 30.3 Å². The van der Waals surface area contributed by atoms with Crippen molar-refractivity contribution in [1.29, 1.82) is 0 Å². The Bertz CT molecular complexity index is 971. The second-order valence-corrected chi connectivity index (χ2v) is 6.82. The normalized spacial score (nSPS) is 14.8. The summed E-state index contributed by atoms with van der Waals surface area (Å²) < 4.78 is 10.3. The Kier molecular flexibility index (Phi) is 4.92. The number of carbonyl (C=O) groups is 2. The maximum Gasteiger partial charge on any atom is 0.276 e. The summed E-state index contributed by atoms with van der Waals surface area (Å²) in [5.74, 6) is 1.15. The van der Waals surface area contributed by atoms with Crippen molar-refractivity contribution in [1.82, 2.24) is 15.2 Å². The lowest BCUT2D eigenvalue weighted by atomic mass is 9.95. The summed E-state index contributed by atoms with van der Waals surface area (Å²) in [6.45, 7) is 2.74. The Morgan fingerprint density at radius 2 is 1.82 bits per heavy atom. The number of rotatable bonds is 4. The molecule has 1 saturated heterocycles. The molecule has 1 aliphatic heterocycles. The molecular weight excluding hydrogens is 360 g/mol. The van der Waals surface area contributed by atoms with Crippen LogP contribution in [0.15, 0.2) is 51.5 Å². The zero-order valence-electron chi connectivity index (χ0n) is 15.4. The van der Waals surface area contributed by atoms with E-state index in [1.54, 1.807) is 24.0 Å². The predicted octanol–water partition coefficient (Wildman–Crippen LogP) is 3.13.